The summed E-state index contributed by atoms with van der Waals surface area (Å²) < 4.78 is 5.21. The largest absolute Gasteiger partial charge is 0.497 e. The molecule has 0 radical (unpaired) electrons. The van der Waals surface area contributed by atoms with Gasteiger partial charge in [-0.2, -0.15) is 0 Å². The van der Waals surface area contributed by atoms with E-state index in [-0.39, 0.29) is 17.9 Å². The van der Waals surface area contributed by atoms with Crippen molar-refractivity contribution in [1.29, 1.82) is 0 Å². The van der Waals surface area contributed by atoms with Crippen LogP contribution in [-0.2, 0) is 16.1 Å². The van der Waals surface area contributed by atoms with Crippen LogP contribution in [-0.4, -0.2) is 35.9 Å². The molecule has 150 valence electrons. The van der Waals surface area contributed by atoms with Crippen LogP contribution in [0.3, 0.4) is 0 Å². The summed E-state index contributed by atoms with van der Waals surface area (Å²) in [7, 11) is 1.63. The van der Waals surface area contributed by atoms with Crippen LogP contribution >= 0.6 is 0 Å². The molecule has 1 saturated carbocycles. The molecule has 2 amide bonds. The first kappa shape index (κ1) is 21.3. The van der Waals surface area contributed by atoms with Crippen molar-refractivity contribution in [1.82, 2.24) is 10.2 Å². The quantitative estimate of drug-likeness (QED) is 0.709. The van der Waals surface area contributed by atoms with Crippen LogP contribution in [0.5, 0.6) is 5.75 Å². The van der Waals surface area contributed by atoms with E-state index in [9.17, 15) is 9.59 Å². The van der Waals surface area contributed by atoms with Crippen molar-refractivity contribution in [3.8, 4) is 5.75 Å². The molecule has 0 bridgehead atoms. The number of ether oxygens (including phenoxy) is 1. The van der Waals surface area contributed by atoms with Crippen LogP contribution in [0.4, 0.5) is 0 Å². The lowest BCUT2D eigenvalue weighted by Crippen LogP contribution is -2.51. The van der Waals surface area contributed by atoms with Crippen molar-refractivity contribution in [2.24, 2.45) is 0 Å². The Morgan fingerprint density at radius 2 is 1.81 bits per heavy atom. The molecule has 0 spiro atoms. The third-order valence-electron chi connectivity index (χ3n) is 5.31. The van der Waals surface area contributed by atoms with Gasteiger partial charge in [0.1, 0.15) is 11.8 Å². The SMILES string of the molecule is CCCC(=O)N(Cc1ccc(OC)cc1)[C@H](CC)C(=O)NC1CCCCC1. The first-order valence-corrected chi connectivity index (χ1v) is 10.3. The number of rotatable bonds is 9. The number of carbonyl (C=O) groups excluding carboxylic acids is 2. The average Bonchev–Trinajstić information content (AvgIpc) is 2.69. The lowest BCUT2D eigenvalue weighted by molar-refractivity contribution is -0.141. The molecule has 1 fully saturated rings. The van der Waals surface area contributed by atoms with Gasteiger partial charge in [0.15, 0.2) is 0 Å². The fraction of sp³-hybridized carbons (Fsp3) is 0.636. The van der Waals surface area contributed by atoms with Crippen LogP contribution in [0.1, 0.15) is 70.8 Å². The summed E-state index contributed by atoms with van der Waals surface area (Å²) in [6, 6.07) is 7.52. The molecular weight excluding hydrogens is 340 g/mol. The second-order valence-electron chi connectivity index (χ2n) is 7.39. The van der Waals surface area contributed by atoms with E-state index in [1.165, 1.54) is 19.3 Å². The topological polar surface area (TPSA) is 58.6 Å². The standard InChI is InChI=1S/C22H34N2O3/c1-4-9-21(25)24(16-17-12-14-19(27-3)15-13-17)20(5-2)22(26)23-18-10-7-6-8-11-18/h12-15,18,20H,4-11,16H2,1-3H3,(H,23,26)/t20-/m1/s1. The third-order valence-corrected chi connectivity index (χ3v) is 5.31. The van der Waals surface area contributed by atoms with Gasteiger partial charge in [0, 0.05) is 19.0 Å². The number of hydrogen-bond acceptors (Lipinski definition) is 3. The van der Waals surface area contributed by atoms with Crippen LogP contribution in [0.15, 0.2) is 24.3 Å². The molecule has 1 aliphatic rings. The molecule has 5 heteroatoms. The van der Waals surface area contributed by atoms with Crippen molar-refractivity contribution in [2.45, 2.75) is 83.8 Å². The zero-order valence-corrected chi connectivity index (χ0v) is 17.0. The summed E-state index contributed by atoms with van der Waals surface area (Å²) in [5.41, 5.74) is 1.00. The number of benzene rings is 1. The molecule has 0 aliphatic heterocycles. The van der Waals surface area contributed by atoms with Crippen LogP contribution in [0, 0.1) is 0 Å². The maximum Gasteiger partial charge on any atom is 0.243 e. The lowest BCUT2D eigenvalue weighted by Gasteiger charge is -2.32. The van der Waals surface area contributed by atoms with E-state index in [4.69, 9.17) is 4.74 Å². The van der Waals surface area contributed by atoms with Gasteiger partial charge in [-0.15, -0.1) is 0 Å². The number of amides is 2. The minimum atomic E-state index is -0.423. The Labute approximate surface area is 163 Å². The second kappa shape index (κ2) is 11.0. The smallest absolute Gasteiger partial charge is 0.243 e. The van der Waals surface area contributed by atoms with Crippen molar-refractivity contribution in [3.63, 3.8) is 0 Å². The number of hydrogen-bond donors (Lipinski definition) is 1. The van der Waals surface area contributed by atoms with Gasteiger partial charge in [0.05, 0.1) is 7.11 Å². The van der Waals surface area contributed by atoms with E-state index < -0.39 is 6.04 Å². The first-order valence-electron chi connectivity index (χ1n) is 10.3. The molecule has 1 N–H and O–H groups in total. The third kappa shape index (κ3) is 6.26. The monoisotopic (exact) mass is 374 g/mol. The number of nitrogens with zero attached hydrogens (tertiary/aromatic N) is 1. The van der Waals surface area contributed by atoms with Gasteiger partial charge < -0.3 is 15.0 Å². The molecule has 0 unspecified atom stereocenters. The van der Waals surface area contributed by atoms with Gasteiger partial charge in [0.2, 0.25) is 11.8 Å². The molecule has 5 nitrogen and oxygen atoms in total. The van der Waals surface area contributed by atoms with Gasteiger partial charge >= 0.3 is 0 Å². The van der Waals surface area contributed by atoms with Gasteiger partial charge in [-0.1, -0.05) is 45.2 Å². The van der Waals surface area contributed by atoms with Crippen molar-refractivity contribution in [2.75, 3.05) is 7.11 Å². The Bertz CT molecular complexity index is 594. The average molecular weight is 375 g/mol. The normalized spacial score (nSPS) is 15.8. The van der Waals surface area contributed by atoms with Crippen LogP contribution in [0.2, 0.25) is 0 Å². The van der Waals surface area contributed by atoms with Crippen molar-refractivity contribution >= 4 is 11.8 Å². The Balaban J connectivity index is 2.12. The molecule has 2 rings (SSSR count). The Kier molecular flexibility index (Phi) is 8.62. The minimum Gasteiger partial charge on any atom is -0.497 e. The molecule has 0 saturated heterocycles. The van der Waals surface area contributed by atoms with Gasteiger partial charge in [0.25, 0.3) is 0 Å². The van der Waals surface area contributed by atoms with E-state index in [0.29, 0.717) is 19.4 Å². The lowest BCUT2D eigenvalue weighted by atomic mass is 9.95. The predicted molar refractivity (Wildman–Crippen MR) is 108 cm³/mol. The number of methoxy groups -OCH3 is 1. The van der Waals surface area contributed by atoms with Crippen molar-refractivity contribution in [3.05, 3.63) is 29.8 Å². The molecule has 1 aromatic rings. The summed E-state index contributed by atoms with van der Waals surface area (Å²) in [6.45, 7) is 4.41. The first-order chi connectivity index (χ1) is 13.1. The highest BCUT2D eigenvalue weighted by atomic mass is 16.5. The maximum atomic E-state index is 13.0. The summed E-state index contributed by atoms with van der Waals surface area (Å²) in [6.07, 6.45) is 7.54. The zero-order valence-electron chi connectivity index (χ0n) is 17.0. The van der Waals surface area contributed by atoms with E-state index in [2.05, 4.69) is 5.32 Å². The molecule has 1 aliphatic carbocycles. The second-order valence-corrected chi connectivity index (χ2v) is 7.39. The molecule has 27 heavy (non-hydrogen) atoms. The van der Waals surface area contributed by atoms with E-state index in [0.717, 1.165) is 30.6 Å². The van der Waals surface area contributed by atoms with Crippen molar-refractivity contribution < 1.29 is 14.3 Å². The minimum absolute atomic E-state index is 0.0117. The summed E-state index contributed by atoms with van der Waals surface area (Å²) in [5.74, 6) is 0.814. The summed E-state index contributed by atoms with van der Waals surface area (Å²) in [5, 5.41) is 3.20. The number of carbonyl (C=O) groups is 2. The molecule has 1 aromatic carbocycles. The van der Waals surface area contributed by atoms with Crippen LogP contribution in [0.25, 0.3) is 0 Å². The van der Waals surface area contributed by atoms with Gasteiger partial charge in [-0.3, -0.25) is 9.59 Å². The predicted octanol–water partition coefficient (Wildman–Crippen LogP) is 4.05. The fourth-order valence-electron chi connectivity index (χ4n) is 3.75. The maximum absolute atomic E-state index is 13.0. The zero-order chi connectivity index (χ0) is 19.6. The molecule has 0 heterocycles. The molecule has 0 aromatic heterocycles. The highest BCUT2D eigenvalue weighted by Gasteiger charge is 2.29. The highest BCUT2D eigenvalue weighted by Crippen LogP contribution is 2.20. The van der Waals surface area contributed by atoms with E-state index in [1.54, 1.807) is 12.0 Å². The Morgan fingerprint density at radius 1 is 1.15 bits per heavy atom. The summed E-state index contributed by atoms with van der Waals surface area (Å²) in [4.78, 5) is 27.5. The van der Waals surface area contributed by atoms with E-state index >= 15 is 0 Å². The highest BCUT2D eigenvalue weighted by molar-refractivity contribution is 5.87. The Morgan fingerprint density at radius 3 is 2.37 bits per heavy atom. The Hall–Kier alpha value is -2.04. The van der Waals surface area contributed by atoms with E-state index in [1.807, 2.05) is 38.1 Å². The number of nitrogens with one attached hydrogen (secondary N) is 1. The molecule has 1 atom stereocenters. The summed E-state index contributed by atoms with van der Waals surface area (Å²) >= 11 is 0. The van der Waals surface area contributed by atoms with Gasteiger partial charge in [-0.05, 0) is 43.4 Å². The fourth-order valence-corrected chi connectivity index (χ4v) is 3.75. The molecular formula is C22H34N2O3. The van der Waals surface area contributed by atoms with Crippen LogP contribution < -0.4 is 10.1 Å². The van der Waals surface area contributed by atoms with Gasteiger partial charge in [-0.25, -0.2) is 0 Å².